The van der Waals surface area contributed by atoms with Gasteiger partial charge in [-0.1, -0.05) is 0 Å². The summed E-state index contributed by atoms with van der Waals surface area (Å²) in [6.07, 6.45) is 3.12. The number of ether oxygens (including phenoxy) is 2. The Balaban J connectivity index is 2.12. The van der Waals surface area contributed by atoms with Gasteiger partial charge in [0.25, 0.3) is 0 Å². The molecule has 6 heteroatoms. The average Bonchev–Trinajstić information content (AvgIpc) is 2.89. The first kappa shape index (κ1) is 14.6. The van der Waals surface area contributed by atoms with Crippen molar-refractivity contribution in [3.05, 3.63) is 11.6 Å². The van der Waals surface area contributed by atoms with Crippen molar-refractivity contribution >= 4 is 17.8 Å². The van der Waals surface area contributed by atoms with Gasteiger partial charge in [-0.05, 0) is 25.0 Å². The summed E-state index contributed by atoms with van der Waals surface area (Å²) in [6.45, 7) is 3.98. The van der Waals surface area contributed by atoms with E-state index < -0.39 is 5.54 Å². The zero-order valence-electron chi connectivity index (χ0n) is 11.8. The van der Waals surface area contributed by atoms with Gasteiger partial charge in [0.05, 0.1) is 6.61 Å². The van der Waals surface area contributed by atoms with Gasteiger partial charge in [-0.15, -0.1) is 0 Å². The van der Waals surface area contributed by atoms with Crippen molar-refractivity contribution in [3.8, 4) is 0 Å². The molecule has 1 atom stereocenters. The van der Waals surface area contributed by atoms with E-state index in [-0.39, 0.29) is 24.5 Å². The van der Waals surface area contributed by atoms with Crippen molar-refractivity contribution < 1.29 is 23.9 Å². The van der Waals surface area contributed by atoms with Crippen LogP contribution in [0, 0.1) is 0 Å². The van der Waals surface area contributed by atoms with Gasteiger partial charge < -0.3 is 14.4 Å². The third-order valence-corrected chi connectivity index (χ3v) is 3.76. The minimum atomic E-state index is -0.838. The van der Waals surface area contributed by atoms with E-state index in [4.69, 9.17) is 9.47 Å². The van der Waals surface area contributed by atoms with Crippen LogP contribution in [0.3, 0.4) is 0 Å². The molecule has 20 heavy (non-hydrogen) atoms. The molecular formula is C14H19NO5. The van der Waals surface area contributed by atoms with Gasteiger partial charge in [-0.2, -0.15) is 0 Å². The quantitative estimate of drug-likeness (QED) is 0.563. The van der Waals surface area contributed by atoms with Gasteiger partial charge in [0, 0.05) is 26.3 Å². The van der Waals surface area contributed by atoms with Crippen LogP contribution < -0.4 is 0 Å². The Kier molecular flexibility index (Phi) is 4.11. The molecule has 0 radical (unpaired) electrons. The van der Waals surface area contributed by atoms with Crippen LogP contribution in [-0.2, 0) is 23.9 Å². The van der Waals surface area contributed by atoms with E-state index in [0.717, 1.165) is 5.57 Å². The van der Waals surface area contributed by atoms with E-state index in [0.29, 0.717) is 32.4 Å². The second kappa shape index (κ2) is 5.64. The van der Waals surface area contributed by atoms with Crippen LogP contribution in [0.5, 0.6) is 0 Å². The second-order valence-electron chi connectivity index (χ2n) is 5.07. The fourth-order valence-electron chi connectivity index (χ4n) is 2.84. The van der Waals surface area contributed by atoms with Crippen molar-refractivity contribution in [1.29, 1.82) is 0 Å². The lowest BCUT2D eigenvalue weighted by atomic mass is 9.92. The molecular weight excluding hydrogens is 262 g/mol. The van der Waals surface area contributed by atoms with Crippen molar-refractivity contribution in [1.82, 2.24) is 4.90 Å². The number of hydrogen-bond acceptors (Lipinski definition) is 5. The number of carbonyl (C=O) groups excluding carboxylic acids is 3. The molecule has 2 heterocycles. The molecule has 6 nitrogen and oxygen atoms in total. The summed E-state index contributed by atoms with van der Waals surface area (Å²) in [4.78, 5) is 36.4. The van der Waals surface area contributed by atoms with Gasteiger partial charge in [-0.3, -0.25) is 9.59 Å². The predicted octanol–water partition coefficient (Wildman–Crippen LogP) is 0.804. The Morgan fingerprint density at radius 1 is 1.40 bits per heavy atom. The zero-order chi connectivity index (χ0) is 14.8. The van der Waals surface area contributed by atoms with Crippen LogP contribution in [0.2, 0.25) is 0 Å². The SMILES string of the molecule is CCOC(=O)[C@@]12CCC(=O)N1CC(=CCOC(C)=O)C2. The summed E-state index contributed by atoms with van der Waals surface area (Å²) in [5.74, 6) is -0.702. The zero-order valence-corrected chi connectivity index (χ0v) is 11.8. The normalized spacial score (nSPS) is 26.8. The molecule has 2 aliphatic rings. The Labute approximate surface area is 117 Å². The van der Waals surface area contributed by atoms with Gasteiger partial charge in [0.2, 0.25) is 5.91 Å². The van der Waals surface area contributed by atoms with E-state index in [9.17, 15) is 14.4 Å². The number of nitrogens with zero attached hydrogens (tertiary/aromatic N) is 1. The first-order valence-electron chi connectivity index (χ1n) is 6.78. The van der Waals surface area contributed by atoms with E-state index in [1.54, 1.807) is 17.9 Å². The Morgan fingerprint density at radius 3 is 2.80 bits per heavy atom. The summed E-state index contributed by atoms with van der Waals surface area (Å²) >= 11 is 0. The second-order valence-corrected chi connectivity index (χ2v) is 5.07. The van der Waals surface area contributed by atoms with Crippen LogP contribution in [-0.4, -0.2) is 48.0 Å². The Morgan fingerprint density at radius 2 is 2.15 bits per heavy atom. The first-order valence-corrected chi connectivity index (χ1v) is 6.78. The Bertz CT molecular complexity index is 470. The third kappa shape index (κ3) is 2.55. The molecule has 0 bridgehead atoms. The van der Waals surface area contributed by atoms with E-state index >= 15 is 0 Å². The summed E-state index contributed by atoms with van der Waals surface area (Å²) < 4.78 is 9.98. The number of amides is 1. The maximum absolute atomic E-state index is 12.2. The van der Waals surface area contributed by atoms with Gasteiger partial charge in [0.1, 0.15) is 12.1 Å². The monoisotopic (exact) mass is 281 g/mol. The summed E-state index contributed by atoms with van der Waals surface area (Å²) in [7, 11) is 0. The average molecular weight is 281 g/mol. The smallest absolute Gasteiger partial charge is 0.332 e. The molecule has 2 fully saturated rings. The lowest BCUT2D eigenvalue weighted by molar-refractivity contribution is -0.157. The molecule has 1 amide bonds. The van der Waals surface area contributed by atoms with E-state index in [1.165, 1.54) is 6.92 Å². The molecule has 2 saturated heterocycles. The van der Waals surface area contributed by atoms with Crippen LogP contribution in [0.4, 0.5) is 0 Å². The summed E-state index contributed by atoms with van der Waals surface area (Å²) in [5.41, 5.74) is 0.0992. The standard InChI is InChI=1S/C14H19NO5/c1-3-19-13(18)14-6-4-12(17)15(14)9-11(8-14)5-7-20-10(2)16/h5H,3-4,6-9H2,1-2H3/t14-/m0/s1. The number of rotatable bonds is 4. The van der Waals surface area contributed by atoms with Gasteiger partial charge >= 0.3 is 11.9 Å². The number of fused-ring (bicyclic) bond motifs is 1. The lowest BCUT2D eigenvalue weighted by Gasteiger charge is -2.28. The van der Waals surface area contributed by atoms with E-state index in [1.807, 2.05) is 0 Å². The molecule has 0 saturated carbocycles. The number of esters is 2. The van der Waals surface area contributed by atoms with Crippen molar-refractivity contribution in [2.75, 3.05) is 19.8 Å². The van der Waals surface area contributed by atoms with Gasteiger partial charge in [0.15, 0.2) is 0 Å². The number of hydrogen-bond donors (Lipinski definition) is 0. The maximum Gasteiger partial charge on any atom is 0.332 e. The van der Waals surface area contributed by atoms with Crippen LogP contribution >= 0.6 is 0 Å². The molecule has 0 aliphatic carbocycles. The third-order valence-electron chi connectivity index (χ3n) is 3.76. The minimum Gasteiger partial charge on any atom is -0.464 e. The molecule has 0 N–H and O–H groups in total. The summed E-state index contributed by atoms with van der Waals surface area (Å²) in [5, 5.41) is 0. The topological polar surface area (TPSA) is 72.9 Å². The van der Waals surface area contributed by atoms with Crippen molar-refractivity contribution in [2.24, 2.45) is 0 Å². The highest BCUT2D eigenvalue weighted by atomic mass is 16.5. The maximum atomic E-state index is 12.2. The molecule has 0 aromatic heterocycles. The van der Waals surface area contributed by atoms with Gasteiger partial charge in [-0.25, -0.2) is 4.79 Å². The molecule has 0 unspecified atom stereocenters. The Hall–Kier alpha value is -1.85. The highest BCUT2D eigenvalue weighted by Gasteiger charge is 2.56. The molecule has 0 aromatic carbocycles. The fourth-order valence-corrected chi connectivity index (χ4v) is 2.84. The van der Waals surface area contributed by atoms with Crippen LogP contribution in [0.15, 0.2) is 11.6 Å². The van der Waals surface area contributed by atoms with Crippen molar-refractivity contribution in [2.45, 2.75) is 38.6 Å². The fraction of sp³-hybridized carbons (Fsp3) is 0.643. The molecule has 0 spiro atoms. The summed E-state index contributed by atoms with van der Waals surface area (Å²) in [6, 6.07) is 0. The first-order chi connectivity index (χ1) is 9.49. The largest absolute Gasteiger partial charge is 0.464 e. The van der Waals surface area contributed by atoms with Crippen LogP contribution in [0.1, 0.15) is 33.1 Å². The molecule has 2 rings (SSSR count). The highest BCUT2D eigenvalue weighted by molar-refractivity contribution is 5.93. The molecule has 0 aromatic rings. The van der Waals surface area contributed by atoms with Crippen LogP contribution in [0.25, 0.3) is 0 Å². The number of carbonyl (C=O) groups is 3. The molecule has 110 valence electrons. The van der Waals surface area contributed by atoms with Crippen molar-refractivity contribution in [3.63, 3.8) is 0 Å². The predicted molar refractivity (Wildman–Crippen MR) is 69.6 cm³/mol. The highest BCUT2D eigenvalue weighted by Crippen LogP contribution is 2.42. The van der Waals surface area contributed by atoms with E-state index in [2.05, 4.69) is 0 Å². The molecule has 2 aliphatic heterocycles. The lowest BCUT2D eigenvalue weighted by Crippen LogP contribution is -2.48. The minimum absolute atomic E-state index is 0.0195.